The summed E-state index contributed by atoms with van der Waals surface area (Å²) in [5.41, 5.74) is 2.34. The second-order valence-electron chi connectivity index (χ2n) is 9.62. The van der Waals surface area contributed by atoms with Crippen LogP contribution < -0.4 is 0 Å². The van der Waals surface area contributed by atoms with Crippen molar-refractivity contribution in [1.82, 2.24) is 14.8 Å². The number of amides is 2. The van der Waals surface area contributed by atoms with E-state index in [4.69, 9.17) is 4.74 Å². The average Bonchev–Trinajstić information content (AvgIpc) is 3.11. The highest BCUT2D eigenvalue weighted by atomic mass is 16.5. The van der Waals surface area contributed by atoms with Crippen molar-refractivity contribution in [3.05, 3.63) is 65.5 Å². The van der Waals surface area contributed by atoms with Crippen molar-refractivity contribution in [3.8, 4) is 0 Å². The summed E-state index contributed by atoms with van der Waals surface area (Å²) in [5.74, 6) is -0.725. The molecule has 3 aliphatic rings. The Balaban J connectivity index is 1.37. The number of carbonyl (C=O) groups is 3. The van der Waals surface area contributed by atoms with E-state index in [1.54, 1.807) is 23.4 Å². The molecule has 0 N–H and O–H groups in total. The minimum Gasteiger partial charge on any atom is -0.370 e. The number of hydrogen-bond acceptors (Lipinski definition) is 5. The van der Waals surface area contributed by atoms with Crippen LogP contribution in [0.5, 0.6) is 0 Å². The first-order valence-electron chi connectivity index (χ1n) is 12.3. The van der Waals surface area contributed by atoms with Crippen LogP contribution in [0.15, 0.2) is 48.8 Å². The second-order valence-corrected chi connectivity index (χ2v) is 9.62. The van der Waals surface area contributed by atoms with Gasteiger partial charge in [-0.05, 0) is 30.0 Å². The number of carbonyl (C=O) groups excluding carboxylic acids is 3. The van der Waals surface area contributed by atoms with Crippen LogP contribution in [0.25, 0.3) is 0 Å². The van der Waals surface area contributed by atoms with Gasteiger partial charge in [-0.1, -0.05) is 49.6 Å². The SMILES string of the molecule is O=C1C[C@H](C(=O)N2CC(=O)N(C3CCCCC3)C[C@@H](OCc3cccnc3)C2)c2ccccc21. The molecular formula is C27H31N3O4. The number of aromatic nitrogens is 1. The fraction of sp³-hybridized carbons (Fsp3) is 0.481. The van der Waals surface area contributed by atoms with Crippen molar-refractivity contribution in [2.75, 3.05) is 19.6 Å². The molecule has 1 saturated heterocycles. The first kappa shape index (κ1) is 22.7. The van der Waals surface area contributed by atoms with Gasteiger partial charge in [0.1, 0.15) is 0 Å². The molecule has 1 aliphatic heterocycles. The Morgan fingerprint density at radius 3 is 2.65 bits per heavy atom. The number of pyridine rings is 1. The summed E-state index contributed by atoms with van der Waals surface area (Å²) in [7, 11) is 0. The average molecular weight is 462 g/mol. The topological polar surface area (TPSA) is 79.8 Å². The van der Waals surface area contributed by atoms with Gasteiger partial charge >= 0.3 is 0 Å². The molecule has 0 bridgehead atoms. The Morgan fingerprint density at radius 1 is 1.03 bits per heavy atom. The van der Waals surface area contributed by atoms with Crippen LogP contribution in [0.2, 0.25) is 0 Å². The van der Waals surface area contributed by atoms with Crippen molar-refractivity contribution < 1.29 is 19.1 Å². The highest BCUT2D eigenvalue weighted by molar-refractivity contribution is 6.07. The van der Waals surface area contributed by atoms with E-state index in [0.29, 0.717) is 25.3 Å². The summed E-state index contributed by atoms with van der Waals surface area (Å²) in [6.45, 7) is 1.22. The number of nitrogens with zero attached hydrogens (tertiary/aromatic N) is 3. The largest absolute Gasteiger partial charge is 0.370 e. The van der Waals surface area contributed by atoms with E-state index in [-0.39, 0.29) is 42.7 Å². The zero-order valence-electron chi connectivity index (χ0n) is 19.4. The molecule has 178 valence electrons. The molecule has 1 aromatic heterocycles. The van der Waals surface area contributed by atoms with Crippen LogP contribution in [-0.4, -0.2) is 64.2 Å². The second kappa shape index (κ2) is 10.1. The third kappa shape index (κ3) is 4.75. The number of fused-ring (bicyclic) bond motifs is 1. The van der Waals surface area contributed by atoms with E-state index in [2.05, 4.69) is 4.98 Å². The van der Waals surface area contributed by atoms with Gasteiger partial charge in [-0.15, -0.1) is 0 Å². The van der Waals surface area contributed by atoms with Gasteiger partial charge in [-0.25, -0.2) is 0 Å². The first-order chi connectivity index (χ1) is 16.6. The lowest BCUT2D eigenvalue weighted by Gasteiger charge is -2.34. The van der Waals surface area contributed by atoms with Crippen LogP contribution in [0, 0.1) is 0 Å². The standard InChI is InChI=1S/C27H31N3O4/c31-25-13-24(22-10-4-5-11-23(22)25)27(33)29-15-21(34-18-19-7-6-12-28-14-19)16-30(26(32)17-29)20-8-2-1-3-9-20/h4-7,10-12,14,20-21,24H,1-3,8-9,13,15-18H2/t21-,24-/m0/s1. The maximum absolute atomic E-state index is 13.6. The highest BCUT2D eigenvalue weighted by Gasteiger charge is 2.40. The highest BCUT2D eigenvalue weighted by Crippen LogP contribution is 2.35. The summed E-state index contributed by atoms with van der Waals surface area (Å²) < 4.78 is 6.26. The van der Waals surface area contributed by atoms with E-state index in [0.717, 1.165) is 36.8 Å². The Morgan fingerprint density at radius 2 is 1.85 bits per heavy atom. The summed E-state index contributed by atoms with van der Waals surface area (Å²) >= 11 is 0. The van der Waals surface area contributed by atoms with Crippen LogP contribution >= 0.6 is 0 Å². The lowest BCUT2D eigenvalue weighted by Crippen LogP contribution is -2.46. The predicted octanol–water partition coefficient (Wildman–Crippen LogP) is 3.34. The van der Waals surface area contributed by atoms with Crippen molar-refractivity contribution in [2.24, 2.45) is 0 Å². The van der Waals surface area contributed by atoms with Crippen molar-refractivity contribution in [1.29, 1.82) is 0 Å². The van der Waals surface area contributed by atoms with Gasteiger partial charge in [0, 0.05) is 43.5 Å². The normalized spacial score (nSPS) is 23.6. The van der Waals surface area contributed by atoms with Gasteiger partial charge in [0.05, 0.1) is 25.2 Å². The van der Waals surface area contributed by atoms with Crippen LogP contribution in [0.3, 0.4) is 0 Å². The lowest BCUT2D eigenvalue weighted by molar-refractivity contribution is -0.140. The molecule has 7 heteroatoms. The molecule has 0 radical (unpaired) electrons. The van der Waals surface area contributed by atoms with Crippen molar-refractivity contribution in [3.63, 3.8) is 0 Å². The zero-order chi connectivity index (χ0) is 23.5. The minimum atomic E-state index is -0.531. The van der Waals surface area contributed by atoms with Crippen LogP contribution in [0.1, 0.15) is 65.9 Å². The quantitative estimate of drug-likeness (QED) is 0.682. The Labute approximate surface area is 200 Å². The number of rotatable bonds is 5. The zero-order valence-corrected chi connectivity index (χ0v) is 19.4. The molecule has 2 aromatic rings. The van der Waals surface area contributed by atoms with E-state index in [1.807, 2.05) is 35.2 Å². The maximum atomic E-state index is 13.6. The molecule has 0 spiro atoms. The smallest absolute Gasteiger partial charge is 0.242 e. The summed E-state index contributed by atoms with van der Waals surface area (Å²) in [6, 6.07) is 11.3. The third-order valence-electron chi connectivity index (χ3n) is 7.33. The summed E-state index contributed by atoms with van der Waals surface area (Å²) in [6.07, 6.45) is 8.81. The fourth-order valence-corrected chi connectivity index (χ4v) is 5.56. The fourth-order valence-electron chi connectivity index (χ4n) is 5.56. The van der Waals surface area contributed by atoms with E-state index < -0.39 is 5.92 Å². The lowest BCUT2D eigenvalue weighted by atomic mass is 9.94. The van der Waals surface area contributed by atoms with Crippen LogP contribution in [-0.2, 0) is 20.9 Å². The van der Waals surface area contributed by atoms with Crippen molar-refractivity contribution in [2.45, 2.75) is 63.2 Å². The number of ketones is 1. The molecular weight excluding hydrogens is 430 g/mol. The number of benzene rings is 1. The van der Waals surface area contributed by atoms with E-state index in [9.17, 15) is 14.4 Å². The van der Waals surface area contributed by atoms with Gasteiger partial charge in [-0.3, -0.25) is 19.4 Å². The van der Waals surface area contributed by atoms with Gasteiger partial charge in [0.2, 0.25) is 11.8 Å². The number of ether oxygens (including phenoxy) is 1. The minimum absolute atomic E-state index is 0.0108. The molecule has 2 atom stereocenters. The molecule has 0 unspecified atom stereocenters. The Kier molecular flexibility index (Phi) is 6.72. The molecule has 2 aliphatic carbocycles. The Hall–Kier alpha value is -3.06. The van der Waals surface area contributed by atoms with Crippen LogP contribution in [0.4, 0.5) is 0 Å². The molecule has 5 rings (SSSR count). The Bertz CT molecular complexity index is 1050. The molecule has 7 nitrogen and oxygen atoms in total. The number of hydrogen-bond donors (Lipinski definition) is 0. The maximum Gasteiger partial charge on any atom is 0.242 e. The third-order valence-corrected chi connectivity index (χ3v) is 7.33. The predicted molar refractivity (Wildman–Crippen MR) is 126 cm³/mol. The summed E-state index contributed by atoms with van der Waals surface area (Å²) in [4.78, 5) is 47.2. The molecule has 2 heterocycles. The van der Waals surface area contributed by atoms with Gasteiger partial charge in [0.25, 0.3) is 0 Å². The number of Topliss-reactive ketones (excluding diaryl/α,β-unsaturated/α-hetero) is 1. The van der Waals surface area contributed by atoms with Gasteiger partial charge < -0.3 is 14.5 Å². The molecule has 1 aromatic carbocycles. The van der Waals surface area contributed by atoms with E-state index in [1.165, 1.54) is 6.42 Å². The molecule has 1 saturated carbocycles. The molecule has 2 fully saturated rings. The van der Waals surface area contributed by atoms with Crippen molar-refractivity contribution >= 4 is 17.6 Å². The molecule has 2 amide bonds. The van der Waals surface area contributed by atoms with E-state index >= 15 is 0 Å². The first-order valence-corrected chi connectivity index (χ1v) is 12.3. The summed E-state index contributed by atoms with van der Waals surface area (Å²) in [5, 5.41) is 0. The van der Waals surface area contributed by atoms with Gasteiger partial charge in [-0.2, -0.15) is 0 Å². The monoisotopic (exact) mass is 461 g/mol. The molecule has 34 heavy (non-hydrogen) atoms. The van der Waals surface area contributed by atoms with Gasteiger partial charge in [0.15, 0.2) is 5.78 Å².